The Kier molecular flexibility index (Phi) is 7.39. The SMILES string of the molecule is COc1ccc(C(NC(=O)c2cccs2)NC(=O)c2cccs2)cc1OCc1ccccc1. The van der Waals surface area contributed by atoms with Gasteiger partial charge >= 0.3 is 0 Å². The minimum atomic E-state index is -0.765. The van der Waals surface area contributed by atoms with Crippen molar-refractivity contribution >= 4 is 34.5 Å². The number of ether oxygens (including phenoxy) is 2. The number of hydrogen-bond donors (Lipinski definition) is 2. The first kappa shape index (κ1) is 22.6. The minimum Gasteiger partial charge on any atom is -0.493 e. The van der Waals surface area contributed by atoms with Crippen molar-refractivity contribution in [3.05, 3.63) is 104 Å². The maximum absolute atomic E-state index is 12.8. The standard InChI is InChI=1S/C25H22N2O4S2/c1-30-19-12-11-18(15-20(19)31-16-17-7-3-2-4-8-17)23(26-24(28)21-9-5-13-32-21)27-25(29)22-10-6-14-33-22/h2-15,23H,16H2,1H3,(H,26,28)(H,27,29). The zero-order chi connectivity index (χ0) is 23.0. The molecule has 0 spiro atoms. The van der Waals surface area contributed by atoms with Gasteiger partial charge < -0.3 is 20.1 Å². The predicted molar refractivity (Wildman–Crippen MR) is 130 cm³/mol. The van der Waals surface area contributed by atoms with Crippen molar-refractivity contribution < 1.29 is 19.1 Å². The number of carbonyl (C=O) groups is 2. The molecule has 33 heavy (non-hydrogen) atoms. The fourth-order valence-corrected chi connectivity index (χ4v) is 4.40. The van der Waals surface area contributed by atoms with Crippen LogP contribution in [0.15, 0.2) is 83.6 Å². The Morgan fingerprint density at radius 1 is 0.818 bits per heavy atom. The Morgan fingerprint density at radius 2 is 1.45 bits per heavy atom. The number of carbonyl (C=O) groups excluding carboxylic acids is 2. The highest BCUT2D eigenvalue weighted by Gasteiger charge is 2.21. The van der Waals surface area contributed by atoms with E-state index in [0.29, 0.717) is 33.4 Å². The van der Waals surface area contributed by atoms with Gasteiger partial charge in [-0.2, -0.15) is 0 Å². The average Bonchev–Trinajstić information content (AvgIpc) is 3.57. The lowest BCUT2D eigenvalue weighted by Gasteiger charge is -2.22. The lowest BCUT2D eigenvalue weighted by Crippen LogP contribution is -2.40. The molecular formula is C25H22N2O4S2. The molecule has 0 saturated carbocycles. The van der Waals surface area contributed by atoms with Crippen LogP contribution in [0.1, 0.15) is 36.6 Å². The Morgan fingerprint density at radius 3 is 2.00 bits per heavy atom. The van der Waals surface area contributed by atoms with Crippen LogP contribution in [-0.2, 0) is 6.61 Å². The highest BCUT2D eigenvalue weighted by atomic mass is 32.1. The molecule has 0 aliphatic rings. The first-order valence-electron chi connectivity index (χ1n) is 10.2. The van der Waals surface area contributed by atoms with Crippen LogP contribution in [0.5, 0.6) is 11.5 Å². The summed E-state index contributed by atoms with van der Waals surface area (Å²) in [6, 6.07) is 22.2. The number of hydrogen-bond acceptors (Lipinski definition) is 6. The maximum Gasteiger partial charge on any atom is 0.263 e. The molecule has 0 bridgehead atoms. The molecule has 0 unspecified atom stereocenters. The summed E-state index contributed by atoms with van der Waals surface area (Å²) < 4.78 is 11.5. The summed E-state index contributed by atoms with van der Waals surface area (Å²) >= 11 is 2.66. The molecule has 0 saturated heterocycles. The predicted octanol–water partition coefficient (Wildman–Crippen LogP) is 5.26. The van der Waals surface area contributed by atoms with E-state index in [9.17, 15) is 9.59 Å². The van der Waals surface area contributed by atoms with Gasteiger partial charge in [0.05, 0.1) is 16.9 Å². The second kappa shape index (κ2) is 10.8. The fraction of sp³-hybridized carbons (Fsp3) is 0.120. The third-order valence-corrected chi connectivity index (χ3v) is 6.54. The van der Waals surface area contributed by atoms with Crippen molar-refractivity contribution in [1.29, 1.82) is 0 Å². The van der Waals surface area contributed by atoms with Crippen LogP contribution < -0.4 is 20.1 Å². The van der Waals surface area contributed by atoms with Crippen molar-refractivity contribution in [1.82, 2.24) is 10.6 Å². The zero-order valence-electron chi connectivity index (χ0n) is 17.8. The molecule has 0 aliphatic carbocycles. The molecular weight excluding hydrogens is 456 g/mol. The van der Waals surface area contributed by atoms with Crippen LogP contribution in [0.4, 0.5) is 0 Å². The van der Waals surface area contributed by atoms with Gasteiger partial charge in [-0.25, -0.2) is 0 Å². The van der Waals surface area contributed by atoms with E-state index in [-0.39, 0.29) is 11.8 Å². The normalized spacial score (nSPS) is 10.6. The topological polar surface area (TPSA) is 76.7 Å². The zero-order valence-corrected chi connectivity index (χ0v) is 19.4. The molecule has 2 aromatic heterocycles. The number of thiophene rings is 2. The highest BCUT2D eigenvalue weighted by Crippen LogP contribution is 2.31. The van der Waals surface area contributed by atoms with Crippen molar-refractivity contribution in [3.63, 3.8) is 0 Å². The Bertz CT molecular complexity index is 1140. The average molecular weight is 479 g/mol. The van der Waals surface area contributed by atoms with Crippen LogP contribution >= 0.6 is 22.7 Å². The van der Waals surface area contributed by atoms with Crippen LogP contribution in [0.25, 0.3) is 0 Å². The summed E-state index contributed by atoms with van der Waals surface area (Å²) in [4.78, 5) is 26.7. The Balaban J connectivity index is 1.60. The molecule has 0 aliphatic heterocycles. The van der Waals surface area contributed by atoms with E-state index in [4.69, 9.17) is 9.47 Å². The lowest BCUT2D eigenvalue weighted by molar-refractivity contribution is 0.0887. The first-order valence-corrected chi connectivity index (χ1v) is 11.9. The molecule has 2 N–H and O–H groups in total. The highest BCUT2D eigenvalue weighted by molar-refractivity contribution is 7.12. The maximum atomic E-state index is 12.8. The second-order valence-corrected chi connectivity index (χ2v) is 8.91. The van der Waals surface area contributed by atoms with Crippen molar-refractivity contribution in [2.75, 3.05) is 7.11 Å². The number of benzene rings is 2. The number of nitrogens with one attached hydrogen (secondary N) is 2. The van der Waals surface area contributed by atoms with Gasteiger partial charge in [0.15, 0.2) is 11.5 Å². The summed E-state index contributed by atoms with van der Waals surface area (Å²) in [5.41, 5.74) is 1.67. The molecule has 0 atom stereocenters. The minimum absolute atomic E-state index is 0.274. The van der Waals surface area contributed by atoms with Gasteiger partial charge in [0, 0.05) is 0 Å². The molecule has 2 aromatic carbocycles. The van der Waals surface area contributed by atoms with Crippen molar-refractivity contribution in [3.8, 4) is 11.5 Å². The first-order chi connectivity index (χ1) is 16.1. The smallest absolute Gasteiger partial charge is 0.263 e. The lowest BCUT2D eigenvalue weighted by atomic mass is 10.1. The van der Waals surface area contributed by atoms with E-state index in [1.165, 1.54) is 22.7 Å². The third kappa shape index (κ3) is 5.79. The van der Waals surface area contributed by atoms with Crippen LogP contribution in [0.2, 0.25) is 0 Å². The summed E-state index contributed by atoms with van der Waals surface area (Å²) in [6.07, 6.45) is -0.765. The molecule has 0 fully saturated rings. The fourth-order valence-electron chi connectivity index (χ4n) is 3.14. The van der Waals surface area contributed by atoms with Crippen LogP contribution in [-0.4, -0.2) is 18.9 Å². The van der Waals surface area contributed by atoms with Crippen LogP contribution in [0.3, 0.4) is 0 Å². The number of amides is 2. The third-order valence-electron chi connectivity index (χ3n) is 4.80. The second-order valence-electron chi connectivity index (χ2n) is 7.02. The molecule has 168 valence electrons. The van der Waals surface area contributed by atoms with Gasteiger partial charge in [0.2, 0.25) is 0 Å². The monoisotopic (exact) mass is 478 g/mol. The van der Waals surface area contributed by atoms with Gasteiger partial charge in [-0.05, 0) is 46.2 Å². The number of methoxy groups -OCH3 is 1. The van der Waals surface area contributed by atoms with E-state index in [0.717, 1.165) is 5.56 Å². The van der Waals surface area contributed by atoms with Gasteiger partial charge in [-0.1, -0.05) is 48.5 Å². The molecule has 2 amide bonds. The largest absolute Gasteiger partial charge is 0.493 e. The molecule has 4 aromatic rings. The van der Waals surface area contributed by atoms with E-state index < -0.39 is 6.17 Å². The molecule has 4 rings (SSSR count). The van der Waals surface area contributed by atoms with Gasteiger partial charge in [-0.3, -0.25) is 9.59 Å². The molecule has 2 heterocycles. The van der Waals surface area contributed by atoms with E-state index in [1.807, 2.05) is 53.2 Å². The van der Waals surface area contributed by atoms with E-state index in [2.05, 4.69) is 10.6 Å². The Labute approximate surface area is 199 Å². The van der Waals surface area contributed by atoms with Crippen molar-refractivity contribution in [2.45, 2.75) is 12.8 Å². The molecule has 6 nitrogen and oxygen atoms in total. The summed E-state index contributed by atoms with van der Waals surface area (Å²) in [6.45, 7) is 0.356. The van der Waals surface area contributed by atoms with E-state index in [1.54, 1.807) is 37.4 Å². The molecule has 8 heteroatoms. The van der Waals surface area contributed by atoms with Gasteiger partial charge in [0.25, 0.3) is 11.8 Å². The van der Waals surface area contributed by atoms with E-state index >= 15 is 0 Å². The molecule has 0 radical (unpaired) electrons. The van der Waals surface area contributed by atoms with Crippen molar-refractivity contribution in [2.24, 2.45) is 0 Å². The summed E-state index contributed by atoms with van der Waals surface area (Å²) in [5, 5.41) is 9.49. The quantitative estimate of drug-likeness (QED) is 0.322. The van der Waals surface area contributed by atoms with Gasteiger partial charge in [0.1, 0.15) is 12.8 Å². The summed E-state index contributed by atoms with van der Waals surface area (Å²) in [5.74, 6) is 0.523. The number of rotatable bonds is 9. The van der Waals surface area contributed by atoms with Crippen LogP contribution in [0, 0.1) is 0 Å². The van der Waals surface area contributed by atoms with Gasteiger partial charge in [-0.15, -0.1) is 22.7 Å². The summed E-state index contributed by atoms with van der Waals surface area (Å²) in [7, 11) is 1.57. The Hall–Kier alpha value is -3.62.